The molecule has 0 aliphatic rings. The van der Waals surface area contributed by atoms with Crippen molar-refractivity contribution in [1.82, 2.24) is 4.98 Å². The van der Waals surface area contributed by atoms with Crippen molar-refractivity contribution >= 4 is 92.5 Å². The quantitative estimate of drug-likeness (QED) is 0.156. The zero-order valence-corrected chi connectivity index (χ0v) is 33.4. The number of rotatable bonds is 6. The summed E-state index contributed by atoms with van der Waals surface area (Å²) >= 11 is 1.78. The molecule has 0 aliphatic carbocycles. The predicted molar refractivity (Wildman–Crippen MR) is 258 cm³/mol. The fraction of sp³-hybridized carbons (Fsp3) is 0. The summed E-state index contributed by atoms with van der Waals surface area (Å²) in [5.41, 5.74) is 10.3. The van der Waals surface area contributed by atoms with E-state index >= 15 is 0 Å². The molecule has 0 N–H and O–H groups in total. The lowest BCUT2D eigenvalue weighted by Crippen LogP contribution is -2.09. The van der Waals surface area contributed by atoms with E-state index in [-0.39, 0.29) is 0 Å². The summed E-state index contributed by atoms with van der Waals surface area (Å²) in [5, 5.41) is 13.7. The molecule has 0 atom stereocenters. The van der Waals surface area contributed by atoms with E-state index in [2.05, 4.69) is 223 Å². The Labute approximate surface area is 351 Å². The molecule has 0 unspecified atom stereocenters. The predicted octanol–water partition coefficient (Wildman–Crippen LogP) is 16.5. The number of benzene rings is 11. The first-order valence-electron chi connectivity index (χ1n) is 20.4. The number of hydrogen-bond donors (Lipinski definition) is 0. The first-order valence-corrected chi connectivity index (χ1v) is 21.3. The van der Waals surface area contributed by atoms with Gasteiger partial charge in [-0.15, -0.1) is 11.3 Å². The second-order valence-corrected chi connectivity index (χ2v) is 16.5. The van der Waals surface area contributed by atoms with E-state index in [4.69, 9.17) is 4.98 Å². The van der Waals surface area contributed by atoms with E-state index < -0.39 is 0 Å². The highest BCUT2D eigenvalue weighted by Gasteiger charge is 2.16. The lowest BCUT2D eigenvalue weighted by Gasteiger charge is -2.26. The average Bonchev–Trinajstić information content (AvgIpc) is 3.77. The Bertz CT molecular complexity index is 3570. The van der Waals surface area contributed by atoms with Crippen molar-refractivity contribution < 1.29 is 0 Å². The molecule has 0 spiro atoms. The zero-order chi connectivity index (χ0) is 39.6. The van der Waals surface area contributed by atoms with Crippen LogP contribution < -0.4 is 4.90 Å². The van der Waals surface area contributed by atoms with Gasteiger partial charge in [0, 0.05) is 28.0 Å². The summed E-state index contributed by atoms with van der Waals surface area (Å²) in [6.07, 6.45) is 0. The van der Waals surface area contributed by atoms with Crippen LogP contribution in [-0.4, -0.2) is 4.98 Å². The van der Waals surface area contributed by atoms with Crippen LogP contribution in [-0.2, 0) is 0 Å². The molecule has 0 fully saturated rings. The maximum Gasteiger partial charge on any atom is 0.124 e. The minimum atomic E-state index is 1.04. The van der Waals surface area contributed by atoms with Crippen molar-refractivity contribution in [3.63, 3.8) is 0 Å². The van der Waals surface area contributed by atoms with Crippen LogP contribution in [0.1, 0.15) is 0 Å². The fourth-order valence-corrected chi connectivity index (χ4v) is 10.2. The minimum Gasteiger partial charge on any atom is -0.311 e. The number of aromatic nitrogens is 1. The number of hydrogen-bond acceptors (Lipinski definition) is 3. The van der Waals surface area contributed by atoms with Gasteiger partial charge in [0.25, 0.3) is 0 Å². The van der Waals surface area contributed by atoms with Crippen molar-refractivity contribution in [2.75, 3.05) is 4.90 Å². The average molecular weight is 781 g/mol. The van der Waals surface area contributed by atoms with E-state index in [9.17, 15) is 0 Å². The third-order valence-corrected chi connectivity index (χ3v) is 13.2. The monoisotopic (exact) mass is 780 g/mol. The van der Waals surface area contributed by atoms with Crippen LogP contribution in [0.25, 0.3) is 96.9 Å². The van der Waals surface area contributed by atoms with Crippen LogP contribution in [0, 0.1) is 0 Å². The molecule has 0 aliphatic heterocycles. The largest absolute Gasteiger partial charge is 0.311 e. The van der Waals surface area contributed by atoms with Gasteiger partial charge < -0.3 is 4.90 Å². The van der Waals surface area contributed by atoms with Crippen LogP contribution in [0.5, 0.6) is 0 Å². The summed E-state index contributed by atoms with van der Waals surface area (Å²) < 4.78 is 1.23. The van der Waals surface area contributed by atoms with Crippen LogP contribution in [0.2, 0.25) is 0 Å². The highest BCUT2D eigenvalue weighted by molar-refractivity contribution is 7.22. The number of nitrogens with zero attached hydrogens (tertiary/aromatic N) is 2. The minimum absolute atomic E-state index is 1.04. The topological polar surface area (TPSA) is 16.1 Å². The maximum absolute atomic E-state index is 5.06. The molecular weight excluding hydrogens is 745 g/mol. The Morgan fingerprint density at radius 3 is 1.40 bits per heavy atom. The normalized spacial score (nSPS) is 11.7. The molecule has 0 bridgehead atoms. The highest BCUT2D eigenvalue weighted by atomic mass is 32.1. The molecule has 0 saturated carbocycles. The van der Waals surface area contributed by atoms with E-state index in [0.717, 1.165) is 33.1 Å². The first-order chi connectivity index (χ1) is 29.7. The molecule has 12 aromatic rings. The summed E-state index contributed by atoms with van der Waals surface area (Å²) in [4.78, 5) is 7.40. The second kappa shape index (κ2) is 14.1. The van der Waals surface area contributed by atoms with Gasteiger partial charge in [-0.05, 0) is 125 Å². The van der Waals surface area contributed by atoms with Crippen molar-refractivity contribution in [2.45, 2.75) is 0 Å². The van der Waals surface area contributed by atoms with Gasteiger partial charge in [-0.2, -0.15) is 0 Å². The molecule has 1 heterocycles. The smallest absolute Gasteiger partial charge is 0.124 e. The standard InChI is InChI=1S/C57H36N2S/c1-3-10-44(11-4-1)57-58-53-34-29-43-22-17-41-19-24-46(36-52(41)55(43)56(53)60-57)38-27-32-49(33-28-38)59(47-12-5-2-6-13-47)48-30-25-37(26-31-48)45-23-18-40-16-21-42-20-15-39-9-7-8-14-50(39)54(42)51(40)35-45/h1-36H. The van der Waals surface area contributed by atoms with Gasteiger partial charge >= 0.3 is 0 Å². The summed E-state index contributed by atoms with van der Waals surface area (Å²) in [7, 11) is 0. The molecule has 12 rings (SSSR count). The van der Waals surface area contributed by atoms with Gasteiger partial charge in [0.05, 0.1) is 10.2 Å². The van der Waals surface area contributed by atoms with Gasteiger partial charge in [-0.1, -0.05) is 164 Å². The van der Waals surface area contributed by atoms with Crippen LogP contribution >= 0.6 is 11.3 Å². The Hall–Kier alpha value is -7.59. The Morgan fingerprint density at radius 2 is 0.767 bits per heavy atom. The molecule has 280 valence electrons. The zero-order valence-electron chi connectivity index (χ0n) is 32.6. The van der Waals surface area contributed by atoms with Crippen molar-refractivity contribution in [1.29, 1.82) is 0 Å². The van der Waals surface area contributed by atoms with E-state index in [0.29, 0.717) is 0 Å². The lowest BCUT2D eigenvalue weighted by molar-refractivity contribution is 1.28. The summed E-state index contributed by atoms with van der Waals surface area (Å²) in [6, 6.07) is 79.4. The lowest BCUT2D eigenvalue weighted by atomic mass is 9.94. The highest BCUT2D eigenvalue weighted by Crippen LogP contribution is 2.41. The van der Waals surface area contributed by atoms with Crippen LogP contribution in [0.3, 0.4) is 0 Å². The maximum atomic E-state index is 5.06. The number of para-hydroxylation sites is 1. The fourth-order valence-electron chi connectivity index (χ4n) is 9.04. The van der Waals surface area contributed by atoms with Crippen molar-refractivity contribution in [2.24, 2.45) is 0 Å². The first kappa shape index (κ1) is 34.5. The molecule has 11 aromatic carbocycles. The van der Waals surface area contributed by atoms with Gasteiger partial charge in [-0.3, -0.25) is 0 Å². The Balaban J connectivity index is 0.907. The summed E-state index contributed by atoms with van der Waals surface area (Å²) in [5.74, 6) is 0. The molecular formula is C57H36N2S. The molecule has 2 nitrogen and oxygen atoms in total. The molecule has 0 radical (unpaired) electrons. The molecule has 0 saturated heterocycles. The van der Waals surface area contributed by atoms with E-state index in [1.54, 1.807) is 11.3 Å². The van der Waals surface area contributed by atoms with Crippen LogP contribution in [0.15, 0.2) is 218 Å². The van der Waals surface area contributed by atoms with Gasteiger partial charge in [-0.25, -0.2) is 4.98 Å². The number of anilines is 3. The Morgan fingerprint density at radius 1 is 0.317 bits per heavy atom. The molecule has 0 amide bonds. The molecule has 3 heteroatoms. The van der Waals surface area contributed by atoms with Crippen molar-refractivity contribution in [3.05, 3.63) is 218 Å². The van der Waals surface area contributed by atoms with E-state index in [1.165, 1.54) is 80.8 Å². The van der Waals surface area contributed by atoms with Crippen LogP contribution in [0.4, 0.5) is 17.1 Å². The third kappa shape index (κ3) is 5.82. The summed E-state index contributed by atoms with van der Waals surface area (Å²) in [6.45, 7) is 0. The molecule has 60 heavy (non-hydrogen) atoms. The number of thiazole rings is 1. The van der Waals surface area contributed by atoms with Gasteiger partial charge in [0.2, 0.25) is 0 Å². The molecule has 1 aromatic heterocycles. The second-order valence-electron chi connectivity index (χ2n) is 15.5. The van der Waals surface area contributed by atoms with Crippen molar-refractivity contribution in [3.8, 4) is 32.8 Å². The third-order valence-electron chi connectivity index (χ3n) is 12.0. The van der Waals surface area contributed by atoms with E-state index in [1.807, 2.05) is 0 Å². The van der Waals surface area contributed by atoms with Gasteiger partial charge in [0.1, 0.15) is 5.01 Å². The SMILES string of the molecule is c1ccc(-c2nc3ccc4ccc5ccc(-c6ccc(N(c7ccccc7)c7ccc(-c8ccc9ccc%10ccc%11ccccc%11c%10c9c8)cc7)cc6)cc5c4c3s2)cc1. The Kier molecular flexibility index (Phi) is 8.07. The van der Waals surface area contributed by atoms with Gasteiger partial charge in [0.15, 0.2) is 0 Å². The number of fused-ring (bicyclic) bond motifs is 10.